The first-order valence-electron chi connectivity index (χ1n) is 14.9. The summed E-state index contributed by atoms with van der Waals surface area (Å²) < 4.78 is 22.8. The molecule has 4 aliphatic rings. The van der Waals surface area contributed by atoms with Gasteiger partial charge in [-0.2, -0.15) is 0 Å². The molecule has 0 N–H and O–H groups in total. The van der Waals surface area contributed by atoms with Crippen LogP contribution in [0.2, 0.25) is 0 Å². The lowest BCUT2D eigenvalue weighted by Gasteiger charge is -2.64. The molecule has 4 rings (SSSR count). The molecular formula is C31H48O8. The third-order valence-electron chi connectivity index (χ3n) is 11.4. The van der Waals surface area contributed by atoms with Crippen LogP contribution >= 0.6 is 0 Å². The van der Waals surface area contributed by atoms with Gasteiger partial charge in [-0.3, -0.25) is 19.2 Å². The first kappa shape index (κ1) is 29.9. The second-order valence-electron chi connectivity index (χ2n) is 13.4. The average Bonchev–Trinajstić information content (AvgIpc) is 3.20. The Morgan fingerprint density at radius 3 is 2.13 bits per heavy atom. The minimum atomic E-state index is -0.279. The monoisotopic (exact) mass is 548 g/mol. The van der Waals surface area contributed by atoms with E-state index in [-0.39, 0.29) is 88.5 Å². The highest BCUT2D eigenvalue weighted by Crippen LogP contribution is 2.69. The first-order valence-corrected chi connectivity index (χ1v) is 14.9. The molecule has 0 radical (unpaired) electrons. The Kier molecular flexibility index (Phi) is 8.73. The molecule has 0 bridgehead atoms. The molecule has 0 heterocycles. The fraction of sp³-hybridized carbons (Fsp3) is 0.871. The third-order valence-corrected chi connectivity index (χ3v) is 11.4. The summed E-state index contributed by atoms with van der Waals surface area (Å²) in [5, 5.41) is 0. The lowest BCUT2D eigenvalue weighted by molar-refractivity contribution is -0.224. The van der Waals surface area contributed by atoms with Gasteiger partial charge in [0.15, 0.2) is 0 Å². The van der Waals surface area contributed by atoms with Crippen LogP contribution in [-0.2, 0) is 38.1 Å². The van der Waals surface area contributed by atoms with Crippen LogP contribution in [0, 0.1) is 46.3 Å². The maximum Gasteiger partial charge on any atom is 0.305 e. The predicted molar refractivity (Wildman–Crippen MR) is 143 cm³/mol. The van der Waals surface area contributed by atoms with Crippen LogP contribution in [0.3, 0.4) is 0 Å². The van der Waals surface area contributed by atoms with Crippen molar-refractivity contribution in [2.75, 3.05) is 7.11 Å². The van der Waals surface area contributed by atoms with Crippen LogP contribution < -0.4 is 0 Å². The van der Waals surface area contributed by atoms with Crippen molar-refractivity contribution in [3.63, 3.8) is 0 Å². The summed E-state index contributed by atoms with van der Waals surface area (Å²) in [5.74, 6) is 0.438. The maximum atomic E-state index is 12.5. The molecule has 4 fully saturated rings. The number of hydrogen-bond donors (Lipinski definition) is 0. The van der Waals surface area contributed by atoms with Gasteiger partial charge in [-0.15, -0.1) is 0 Å². The molecule has 0 aromatic heterocycles. The second kappa shape index (κ2) is 11.4. The molecule has 0 aromatic carbocycles. The highest BCUT2D eigenvalue weighted by atomic mass is 16.6. The van der Waals surface area contributed by atoms with Crippen LogP contribution in [0.1, 0.15) is 99.3 Å². The van der Waals surface area contributed by atoms with Crippen molar-refractivity contribution >= 4 is 23.9 Å². The molecule has 220 valence electrons. The van der Waals surface area contributed by atoms with E-state index in [9.17, 15) is 19.2 Å². The molecule has 0 aliphatic heterocycles. The van der Waals surface area contributed by atoms with E-state index in [1.165, 1.54) is 27.9 Å². The highest BCUT2D eigenvalue weighted by molar-refractivity contribution is 5.69. The highest BCUT2D eigenvalue weighted by Gasteiger charge is 2.67. The van der Waals surface area contributed by atoms with Crippen molar-refractivity contribution in [3.05, 3.63) is 0 Å². The Hall–Kier alpha value is -2.12. The number of fused-ring (bicyclic) bond motifs is 5. The lowest BCUT2D eigenvalue weighted by atomic mass is 9.43. The van der Waals surface area contributed by atoms with E-state index < -0.39 is 0 Å². The minimum absolute atomic E-state index is 0.0215. The SMILES string of the molecule is COC(=O)CCC(C)C1CCC2C3C(C[C@H](OC(C)=O)C12C)C1(C)CC[C@@H](OC(C)=O)C[C@H]1C[C@H]3OC(C)=O. The molecule has 7 unspecified atom stereocenters. The minimum Gasteiger partial charge on any atom is -0.469 e. The van der Waals surface area contributed by atoms with Crippen molar-refractivity contribution < 1.29 is 38.1 Å². The van der Waals surface area contributed by atoms with Gasteiger partial charge in [-0.1, -0.05) is 20.8 Å². The predicted octanol–water partition coefficient (Wildman–Crippen LogP) is 5.25. The quantitative estimate of drug-likeness (QED) is 0.314. The molecule has 4 saturated carbocycles. The molecule has 0 spiro atoms. The number of hydrogen-bond acceptors (Lipinski definition) is 8. The zero-order chi connectivity index (χ0) is 28.7. The number of ether oxygens (including phenoxy) is 4. The van der Waals surface area contributed by atoms with Gasteiger partial charge < -0.3 is 18.9 Å². The van der Waals surface area contributed by atoms with Crippen molar-refractivity contribution in [1.82, 2.24) is 0 Å². The smallest absolute Gasteiger partial charge is 0.305 e. The van der Waals surface area contributed by atoms with Gasteiger partial charge in [-0.05, 0) is 86.4 Å². The fourth-order valence-electron chi connectivity index (χ4n) is 9.77. The average molecular weight is 549 g/mol. The van der Waals surface area contributed by atoms with Crippen LogP contribution in [-0.4, -0.2) is 49.3 Å². The van der Waals surface area contributed by atoms with Gasteiger partial charge in [0.25, 0.3) is 0 Å². The largest absolute Gasteiger partial charge is 0.469 e. The number of esters is 4. The van der Waals surface area contributed by atoms with E-state index in [4.69, 9.17) is 18.9 Å². The summed E-state index contributed by atoms with van der Waals surface area (Å²) in [6, 6.07) is 0. The van der Waals surface area contributed by atoms with Gasteiger partial charge in [0.1, 0.15) is 18.3 Å². The Bertz CT molecular complexity index is 962. The number of carbonyl (C=O) groups excluding carboxylic acids is 4. The van der Waals surface area contributed by atoms with Gasteiger partial charge >= 0.3 is 23.9 Å². The fourth-order valence-corrected chi connectivity index (χ4v) is 9.77. The molecule has 39 heavy (non-hydrogen) atoms. The maximum absolute atomic E-state index is 12.5. The van der Waals surface area contributed by atoms with Crippen molar-refractivity contribution in [1.29, 1.82) is 0 Å². The number of carbonyl (C=O) groups is 4. The topological polar surface area (TPSA) is 105 Å². The Balaban J connectivity index is 1.70. The lowest BCUT2D eigenvalue weighted by Crippen LogP contribution is -2.63. The van der Waals surface area contributed by atoms with Crippen LogP contribution in [0.25, 0.3) is 0 Å². The first-order chi connectivity index (χ1) is 18.3. The molecule has 0 saturated heterocycles. The van der Waals surface area contributed by atoms with Crippen molar-refractivity contribution in [3.8, 4) is 0 Å². The standard InChI is InChI=1S/C31H48O8/c1-17(8-11-28(35)36-7)23-9-10-24-29-25(16-27(31(23,24)6)39-20(4)34)30(5)13-12-22(37-18(2)32)14-21(30)15-26(29)38-19(3)33/h17,21-27,29H,8-16H2,1-7H3/t17?,21-,22+,23?,24?,25?,26+,27-,29?,30?,31?/m0/s1. The summed E-state index contributed by atoms with van der Waals surface area (Å²) in [4.78, 5) is 48.5. The summed E-state index contributed by atoms with van der Waals surface area (Å²) in [6.07, 6.45) is 6.53. The Morgan fingerprint density at radius 2 is 1.51 bits per heavy atom. The third kappa shape index (κ3) is 5.58. The molecule has 4 aliphatic carbocycles. The van der Waals surface area contributed by atoms with Gasteiger partial charge in [0.2, 0.25) is 0 Å². The number of methoxy groups -OCH3 is 1. The normalized spacial score (nSPS) is 41.7. The molecule has 8 nitrogen and oxygen atoms in total. The molecular weight excluding hydrogens is 500 g/mol. The van der Waals surface area contributed by atoms with Crippen molar-refractivity contribution in [2.45, 2.75) is 118 Å². The van der Waals surface area contributed by atoms with Gasteiger partial charge in [-0.25, -0.2) is 0 Å². The van der Waals surface area contributed by atoms with Crippen molar-refractivity contribution in [2.24, 2.45) is 46.3 Å². The zero-order valence-electron chi connectivity index (χ0n) is 24.8. The van der Waals surface area contributed by atoms with Crippen LogP contribution in [0.15, 0.2) is 0 Å². The van der Waals surface area contributed by atoms with Crippen LogP contribution in [0.5, 0.6) is 0 Å². The second-order valence-corrected chi connectivity index (χ2v) is 13.4. The van der Waals surface area contributed by atoms with Gasteiger partial charge in [0, 0.05) is 38.5 Å². The molecule has 11 atom stereocenters. The summed E-state index contributed by atoms with van der Waals surface area (Å²) in [5.41, 5.74) is -0.300. The van der Waals surface area contributed by atoms with Gasteiger partial charge in [0.05, 0.1) is 7.11 Å². The molecule has 0 aromatic rings. The van der Waals surface area contributed by atoms with E-state index in [0.29, 0.717) is 6.42 Å². The molecule has 8 heteroatoms. The summed E-state index contributed by atoms with van der Waals surface area (Å²) in [6.45, 7) is 11.3. The number of rotatable bonds is 7. The summed E-state index contributed by atoms with van der Waals surface area (Å²) >= 11 is 0. The van der Waals surface area contributed by atoms with E-state index in [0.717, 1.165) is 51.4 Å². The zero-order valence-corrected chi connectivity index (χ0v) is 24.8. The van der Waals surface area contributed by atoms with E-state index >= 15 is 0 Å². The molecule has 0 amide bonds. The Labute approximate surface area is 233 Å². The van der Waals surface area contributed by atoms with E-state index in [1.54, 1.807) is 0 Å². The van der Waals surface area contributed by atoms with E-state index in [1.807, 2.05) is 0 Å². The van der Waals surface area contributed by atoms with Crippen LogP contribution in [0.4, 0.5) is 0 Å². The summed E-state index contributed by atoms with van der Waals surface area (Å²) in [7, 11) is 1.42. The Morgan fingerprint density at radius 1 is 0.846 bits per heavy atom. The van der Waals surface area contributed by atoms with E-state index in [2.05, 4.69) is 20.8 Å².